The van der Waals surface area contributed by atoms with E-state index >= 15 is 0 Å². The summed E-state index contributed by atoms with van der Waals surface area (Å²) in [5.41, 5.74) is 8.52. The van der Waals surface area contributed by atoms with Gasteiger partial charge in [0.25, 0.3) is 0 Å². The number of allylic oxidation sites excluding steroid dienone is 2. The van der Waals surface area contributed by atoms with Gasteiger partial charge in [-0.2, -0.15) is 0 Å². The Hall–Kier alpha value is -0.700. The zero-order chi connectivity index (χ0) is 9.10. The van der Waals surface area contributed by atoms with E-state index in [2.05, 4.69) is 4.90 Å². The lowest BCUT2D eigenvalue weighted by Gasteiger charge is -2.34. The van der Waals surface area contributed by atoms with Gasteiger partial charge in [-0.15, -0.1) is 0 Å². The molecule has 0 atom stereocenters. The van der Waals surface area contributed by atoms with E-state index in [1.165, 1.54) is 25.0 Å². The van der Waals surface area contributed by atoms with Gasteiger partial charge >= 0.3 is 0 Å². The van der Waals surface area contributed by atoms with Crippen LogP contribution in [0.15, 0.2) is 11.4 Å². The highest BCUT2D eigenvalue weighted by atomic mass is 16.5. The lowest BCUT2D eigenvalue weighted by molar-refractivity contribution is 0.0506. The van der Waals surface area contributed by atoms with Crippen LogP contribution in [0, 0.1) is 0 Å². The Morgan fingerprint density at radius 3 is 2.46 bits per heavy atom. The van der Waals surface area contributed by atoms with E-state index in [1.54, 1.807) is 0 Å². The number of hydrogen-bond donors (Lipinski definition) is 1. The molecule has 2 N–H and O–H groups in total. The van der Waals surface area contributed by atoms with Crippen LogP contribution in [0.3, 0.4) is 0 Å². The van der Waals surface area contributed by atoms with Crippen LogP contribution in [0.2, 0.25) is 0 Å². The van der Waals surface area contributed by atoms with Gasteiger partial charge < -0.3 is 15.4 Å². The maximum atomic E-state index is 6.01. The molecule has 0 aromatic heterocycles. The van der Waals surface area contributed by atoms with Gasteiger partial charge in [-0.25, -0.2) is 0 Å². The smallest absolute Gasteiger partial charge is 0.0642 e. The van der Waals surface area contributed by atoms with Crippen LogP contribution in [0.25, 0.3) is 0 Å². The molecule has 74 valence electrons. The summed E-state index contributed by atoms with van der Waals surface area (Å²) in [4.78, 5) is 2.40. The molecule has 0 saturated carbocycles. The van der Waals surface area contributed by atoms with Crippen molar-refractivity contribution in [2.45, 2.75) is 25.7 Å². The highest BCUT2D eigenvalue weighted by Crippen LogP contribution is 2.24. The van der Waals surface area contributed by atoms with Crippen LogP contribution in [-0.2, 0) is 4.74 Å². The third-order valence-electron chi connectivity index (χ3n) is 2.87. The first-order valence-corrected chi connectivity index (χ1v) is 5.18. The monoisotopic (exact) mass is 182 g/mol. The molecule has 0 radical (unpaired) electrons. The van der Waals surface area contributed by atoms with Gasteiger partial charge in [0.2, 0.25) is 0 Å². The van der Waals surface area contributed by atoms with Crippen molar-refractivity contribution in [1.29, 1.82) is 0 Å². The number of morpholine rings is 1. The maximum Gasteiger partial charge on any atom is 0.0642 e. The van der Waals surface area contributed by atoms with E-state index in [-0.39, 0.29) is 0 Å². The Morgan fingerprint density at radius 2 is 1.77 bits per heavy atom. The van der Waals surface area contributed by atoms with Crippen LogP contribution < -0.4 is 5.73 Å². The first-order valence-electron chi connectivity index (χ1n) is 5.18. The molecule has 0 aromatic carbocycles. The highest BCUT2D eigenvalue weighted by molar-refractivity contribution is 5.13. The summed E-state index contributed by atoms with van der Waals surface area (Å²) in [7, 11) is 0. The molecule has 13 heavy (non-hydrogen) atoms. The van der Waals surface area contributed by atoms with Gasteiger partial charge in [0.05, 0.1) is 13.2 Å². The molecule has 3 heteroatoms. The Bertz CT molecular complexity index is 207. The summed E-state index contributed by atoms with van der Waals surface area (Å²) in [6, 6.07) is 0. The molecule has 2 aliphatic rings. The fourth-order valence-electron chi connectivity index (χ4n) is 2.11. The minimum atomic E-state index is 0.858. The fraction of sp³-hybridized carbons (Fsp3) is 0.800. The van der Waals surface area contributed by atoms with Crippen LogP contribution in [0.4, 0.5) is 0 Å². The standard InChI is InChI=1S/C10H18N2O/c11-9-3-1-2-4-10(9)12-5-7-13-8-6-12/h1-8,11H2. The van der Waals surface area contributed by atoms with E-state index in [4.69, 9.17) is 10.5 Å². The zero-order valence-electron chi connectivity index (χ0n) is 8.09. The quantitative estimate of drug-likeness (QED) is 0.659. The van der Waals surface area contributed by atoms with Crippen LogP contribution in [0.5, 0.6) is 0 Å². The van der Waals surface area contributed by atoms with Crippen LogP contribution >= 0.6 is 0 Å². The van der Waals surface area contributed by atoms with Gasteiger partial charge in [0.1, 0.15) is 0 Å². The van der Waals surface area contributed by atoms with Gasteiger partial charge in [0, 0.05) is 24.5 Å². The molecule has 2 rings (SSSR count). The molecule has 1 heterocycles. The maximum absolute atomic E-state index is 6.01. The topological polar surface area (TPSA) is 38.5 Å². The number of rotatable bonds is 1. The van der Waals surface area contributed by atoms with Crippen molar-refractivity contribution in [3.8, 4) is 0 Å². The molecule has 0 bridgehead atoms. The SMILES string of the molecule is NC1=C(N2CCOCC2)CCCC1. The van der Waals surface area contributed by atoms with Crippen LogP contribution in [-0.4, -0.2) is 31.2 Å². The van der Waals surface area contributed by atoms with Gasteiger partial charge in [-0.1, -0.05) is 0 Å². The van der Waals surface area contributed by atoms with E-state index in [9.17, 15) is 0 Å². The number of hydrogen-bond acceptors (Lipinski definition) is 3. The lowest BCUT2D eigenvalue weighted by Crippen LogP contribution is -2.37. The minimum Gasteiger partial charge on any atom is -0.401 e. The summed E-state index contributed by atoms with van der Waals surface area (Å²) in [5.74, 6) is 0. The Labute approximate surface area is 79.5 Å². The van der Waals surface area contributed by atoms with Gasteiger partial charge in [-0.3, -0.25) is 0 Å². The number of ether oxygens (including phenoxy) is 1. The Balaban J connectivity index is 2.04. The third kappa shape index (κ3) is 1.97. The van der Waals surface area contributed by atoms with E-state index in [0.29, 0.717) is 0 Å². The fourth-order valence-corrected chi connectivity index (χ4v) is 2.11. The highest BCUT2D eigenvalue weighted by Gasteiger charge is 2.18. The minimum absolute atomic E-state index is 0.858. The second-order valence-corrected chi connectivity index (χ2v) is 3.78. The van der Waals surface area contributed by atoms with E-state index in [1.807, 2.05) is 0 Å². The molecule has 0 amide bonds. The normalized spacial score (nSPS) is 25.1. The first-order chi connectivity index (χ1) is 6.38. The molecule has 0 spiro atoms. The van der Waals surface area contributed by atoms with Crippen LogP contribution in [0.1, 0.15) is 25.7 Å². The molecule has 3 nitrogen and oxygen atoms in total. The number of nitrogens with zero attached hydrogens (tertiary/aromatic N) is 1. The summed E-state index contributed by atoms with van der Waals surface area (Å²) >= 11 is 0. The zero-order valence-corrected chi connectivity index (χ0v) is 8.09. The molecular formula is C10H18N2O. The van der Waals surface area contributed by atoms with Crippen molar-refractivity contribution in [3.05, 3.63) is 11.4 Å². The number of nitrogens with two attached hydrogens (primary N) is 1. The van der Waals surface area contributed by atoms with Gasteiger partial charge in [0.15, 0.2) is 0 Å². The Morgan fingerprint density at radius 1 is 1.08 bits per heavy atom. The second kappa shape index (κ2) is 4.01. The van der Waals surface area contributed by atoms with Crippen molar-refractivity contribution in [3.63, 3.8) is 0 Å². The second-order valence-electron chi connectivity index (χ2n) is 3.78. The first kappa shape index (κ1) is 8.88. The summed E-state index contributed by atoms with van der Waals surface area (Å²) < 4.78 is 5.32. The van der Waals surface area contributed by atoms with E-state index < -0.39 is 0 Å². The van der Waals surface area contributed by atoms with Crippen molar-refractivity contribution in [1.82, 2.24) is 4.90 Å². The van der Waals surface area contributed by atoms with Crippen molar-refractivity contribution < 1.29 is 4.74 Å². The molecule has 0 unspecified atom stereocenters. The summed E-state index contributed by atoms with van der Waals surface area (Å²) in [6.45, 7) is 3.76. The van der Waals surface area contributed by atoms with Crippen molar-refractivity contribution >= 4 is 0 Å². The molecule has 1 fully saturated rings. The van der Waals surface area contributed by atoms with E-state index in [0.717, 1.165) is 38.4 Å². The summed E-state index contributed by atoms with van der Waals surface area (Å²) in [5, 5.41) is 0. The lowest BCUT2D eigenvalue weighted by atomic mass is 10.0. The van der Waals surface area contributed by atoms with Crippen molar-refractivity contribution in [2.75, 3.05) is 26.3 Å². The molecule has 1 aliphatic heterocycles. The summed E-state index contributed by atoms with van der Waals surface area (Å²) in [6.07, 6.45) is 4.82. The average Bonchev–Trinajstić information content (AvgIpc) is 2.20. The predicted molar refractivity (Wildman–Crippen MR) is 52.1 cm³/mol. The molecule has 1 aliphatic carbocycles. The third-order valence-corrected chi connectivity index (χ3v) is 2.87. The Kier molecular flexibility index (Phi) is 2.74. The van der Waals surface area contributed by atoms with Crippen molar-refractivity contribution in [2.24, 2.45) is 5.73 Å². The largest absolute Gasteiger partial charge is 0.401 e. The predicted octanol–water partition coefficient (Wildman–Crippen LogP) is 1.06. The molecular weight excluding hydrogens is 164 g/mol. The molecule has 0 aromatic rings. The average molecular weight is 182 g/mol. The van der Waals surface area contributed by atoms with Gasteiger partial charge in [-0.05, 0) is 25.7 Å². The molecule has 1 saturated heterocycles.